The van der Waals surface area contributed by atoms with Crippen LogP contribution in [0.3, 0.4) is 0 Å². The van der Waals surface area contributed by atoms with Crippen LogP contribution in [0, 0.1) is 12.8 Å². The third-order valence-corrected chi connectivity index (χ3v) is 5.52. The molecule has 0 bridgehead atoms. The molecule has 0 radical (unpaired) electrons. The van der Waals surface area contributed by atoms with Crippen molar-refractivity contribution in [3.8, 4) is 0 Å². The lowest BCUT2D eigenvalue weighted by atomic mass is 9.68. The van der Waals surface area contributed by atoms with Crippen molar-refractivity contribution in [2.24, 2.45) is 5.92 Å². The van der Waals surface area contributed by atoms with Gasteiger partial charge in [-0.25, -0.2) is 0 Å². The topological polar surface area (TPSA) is 41.6 Å². The fourth-order valence-corrected chi connectivity index (χ4v) is 3.80. The van der Waals surface area contributed by atoms with Crippen molar-refractivity contribution in [3.63, 3.8) is 0 Å². The fourth-order valence-electron chi connectivity index (χ4n) is 3.80. The summed E-state index contributed by atoms with van der Waals surface area (Å²) in [4.78, 5) is 14.9. The molecule has 146 valence electrons. The van der Waals surface area contributed by atoms with E-state index in [4.69, 9.17) is 4.74 Å². The van der Waals surface area contributed by atoms with Crippen LogP contribution in [-0.2, 0) is 14.9 Å². The highest BCUT2D eigenvalue weighted by molar-refractivity contribution is 5.77. The average molecular weight is 361 g/mol. The summed E-state index contributed by atoms with van der Waals surface area (Å²) in [6.45, 7) is 8.98. The Kier molecular flexibility index (Phi) is 7.66. The Labute approximate surface area is 159 Å². The normalized spacial score (nSPS) is 23.4. The van der Waals surface area contributed by atoms with Crippen LogP contribution >= 0.6 is 0 Å². The van der Waals surface area contributed by atoms with Gasteiger partial charge >= 0.3 is 0 Å². The van der Waals surface area contributed by atoms with E-state index in [2.05, 4.69) is 69.3 Å². The number of carbonyl (C=O) groups excluding carboxylic acids is 1. The first-order valence-corrected chi connectivity index (χ1v) is 9.92. The SMILES string of the molecule is Cc1ccc(C2(CC(=O)NCCCN(C)C)CCOC(C(C)C)C2)cc1. The highest BCUT2D eigenvalue weighted by atomic mass is 16.5. The molecule has 2 atom stereocenters. The fraction of sp³-hybridized carbons (Fsp3) is 0.682. The van der Waals surface area contributed by atoms with E-state index in [9.17, 15) is 4.79 Å². The maximum atomic E-state index is 12.7. The third-order valence-electron chi connectivity index (χ3n) is 5.52. The Balaban J connectivity index is 2.10. The van der Waals surface area contributed by atoms with E-state index in [0.717, 1.165) is 39.0 Å². The second kappa shape index (κ2) is 9.52. The molecule has 1 aliphatic heterocycles. The Morgan fingerprint density at radius 2 is 2.00 bits per heavy atom. The van der Waals surface area contributed by atoms with Gasteiger partial charge in [0.1, 0.15) is 0 Å². The third kappa shape index (κ3) is 5.82. The van der Waals surface area contributed by atoms with Gasteiger partial charge < -0.3 is 15.0 Å². The quantitative estimate of drug-likeness (QED) is 0.721. The summed E-state index contributed by atoms with van der Waals surface area (Å²) in [5, 5.41) is 3.13. The summed E-state index contributed by atoms with van der Waals surface area (Å²) in [6.07, 6.45) is 3.56. The zero-order chi connectivity index (χ0) is 19.2. The summed E-state index contributed by atoms with van der Waals surface area (Å²) in [7, 11) is 4.12. The molecular formula is C22H36N2O2. The maximum Gasteiger partial charge on any atom is 0.220 e. The van der Waals surface area contributed by atoms with Crippen molar-refractivity contribution < 1.29 is 9.53 Å². The van der Waals surface area contributed by atoms with Crippen LogP contribution in [0.1, 0.15) is 50.7 Å². The monoisotopic (exact) mass is 360 g/mol. The molecule has 1 aromatic rings. The molecule has 2 rings (SSSR count). The molecule has 4 nitrogen and oxygen atoms in total. The molecule has 0 spiro atoms. The largest absolute Gasteiger partial charge is 0.378 e. The first-order chi connectivity index (χ1) is 12.3. The number of aryl methyl sites for hydroxylation is 1. The summed E-state index contributed by atoms with van der Waals surface area (Å²) in [5.74, 6) is 0.622. The van der Waals surface area contributed by atoms with E-state index < -0.39 is 0 Å². The molecule has 1 saturated heterocycles. The van der Waals surface area contributed by atoms with Crippen LogP contribution in [0.2, 0.25) is 0 Å². The number of benzene rings is 1. The Morgan fingerprint density at radius 1 is 1.31 bits per heavy atom. The van der Waals surface area contributed by atoms with Crippen molar-refractivity contribution in [3.05, 3.63) is 35.4 Å². The molecule has 1 N–H and O–H groups in total. The minimum Gasteiger partial charge on any atom is -0.378 e. The number of ether oxygens (including phenoxy) is 1. The smallest absolute Gasteiger partial charge is 0.220 e. The van der Waals surface area contributed by atoms with E-state index >= 15 is 0 Å². The van der Waals surface area contributed by atoms with E-state index in [1.54, 1.807) is 0 Å². The van der Waals surface area contributed by atoms with Gasteiger partial charge in [-0.3, -0.25) is 4.79 Å². The van der Waals surface area contributed by atoms with Gasteiger partial charge in [0.25, 0.3) is 0 Å². The number of nitrogens with zero attached hydrogens (tertiary/aromatic N) is 1. The van der Waals surface area contributed by atoms with Crippen LogP contribution in [0.5, 0.6) is 0 Å². The lowest BCUT2D eigenvalue weighted by molar-refractivity contribution is -0.124. The van der Waals surface area contributed by atoms with Crippen molar-refractivity contribution in [1.29, 1.82) is 0 Å². The van der Waals surface area contributed by atoms with Gasteiger partial charge in [-0.1, -0.05) is 43.7 Å². The van der Waals surface area contributed by atoms with E-state index in [-0.39, 0.29) is 17.4 Å². The number of rotatable bonds is 8. The number of hydrogen-bond donors (Lipinski definition) is 1. The lowest BCUT2D eigenvalue weighted by Crippen LogP contribution is -2.44. The van der Waals surface area contributed by atoms with Crippen molar-refractivity contribution >= 4 is 5.91 Å². The minimum absolute atomic E-state index is 0.119. The predicted molar refractivity (Wildman–Crippen MR) is 107 cm³/mol. The second-order valence-corrected chi connectivity index (χ2v) is 8.44. The summed E-state index contributed by atoms with van der Waals surface area (Å²) in [6, 6.07) is 8.73. The molecule has 26 heavy (non-hydrogen) atoms. The van der Waals surface area contributed by atoms with Crippen LogP contribution < -0.4 is 5.32 Å². The molecule has 1 heterocycles. The van der Waals surface area contributed by atoms with Gasteiger partial charge in [-0.15, -0.1) is 0 Å². The number of carbonyl (C=O) groups is 1. The highest BCUT2D eigenvalue weighted by Crippen LogP contribution is 2.42. The molecular weight excluding hydrogens is 324 g/mol. The zero-order valence-corrected chi connectivity index (χ0v) is 17.2. The second-order valence-electron chi connectivity index (χ2n) is 8.44. The predicted octanol–water partition coefficient (Wildman–Crippen LogP) is 3.53. The van der Waals surface area contributed by atoms with Crippen molar-refractivity contribution in [1.82, 2.24) is 10.2 Å². The highest BCUT2D eigenvalue weighted by Gasteiger charge is 2.41. The summed E-state index contributed by atoms with van der Waals surface area (Å²) in [5.41, 5.74) is 2.41. The standard InChI is InChI=1S/C22H36N2O2/c1-17(2)20-15-22(11-14-26-20,19-9-7-18(3)8-10-19)16-21(25)23-12-6-13-24(4)5/h7-10,17,20H,6,11-16H2,1-5H3,(H,23,25). The van der Waals surface area contributed by atoms with Gasteiger partial charge in [-0.2, -0.15) is 0 Å². The molecule has 1 amide bonds. The zero-order valence-electron chi connectivity index (χ0n) is 17.2. The van der Waals surface area contributed by atoms with E-state index in [0.29, 0.717) is 12.3 Å². The molecule has 0 aromatic heterocycles. The van der Waals surface area contributed by atoms with Gasteiger partial charge in [0.2, 0.25) is 5.91 Å². The van der Waals surface area contributed by atoms with Gasteiger partial charge in [0.15, 0.2) is 0 Å². The Bertz CT molecular complexity index is 568. The van der Waals surface area contributed by atoms with E-state index in [1.807, 2.05) is 0 Å². The van der Waals surface area contributed by atoms with Crippen LogP contribution in [-0.4, -0.2) is 50.7 Å². The Hall–Kier alpha value is -1.39. The maximum absolute atomic E-state index is 12.7. The van der Waals surface area contributed by atoms with Crippen molar-refractivity contribution in [2.75, 3.05) is 33.8 Å². The van der Waals surface area contributed by atoms with Crippen molar-refractivity contribution in [2.45, 2.75) is 58.0 Å². The lowest BCUT2D eigenvalue weighted by Gasteiger charge is -2.42. The molecule has 1 fully saturated rings. The van der Waals surface area contributed by atoms with Gasteiger partial charge in [0, 0.05) is 25.0 Å². The summed E-state index contributed by atoms with van der Waals surface area (Å²) >= 11 is 0. The van der Waals surface area contributed by atoms with Gasteiger partial charge in [0.05, 0.1) is 6.10 Å². The molecule has 1 aliphatic rings. The summed E-state index contributed by atoms with van der Waals surface area (Å²) < 4.78 is 6.01. The first kappa shape index (κ1) is 20.9. The molecule has 4 heteroatoms. The number of nitrogens with one attached hydrogen (secondary N) is 1. The molecule has 1 aromatic carbocycles. The number of amides is 1. The first-order valence-electron chi connectivity index (χ1n) is 9.92. The molecule has 0 aliphatic carbocycles. The average Bonchev–Trinajstić information content (AvgIpc) is 2.59. The van der Waals surface area contributed by atoms with Crippen LogP contribution in [0.15, 0.2) is 24.3 Å². The van der Waals surface area contributed by atoms with Crippen LogP contribution in [0.4, 0.5) is 0 Å². The van der Waals surface area contributed by atoms with Gasteiger partial charge in [-0.05, 0) is 58.3 Å². The number of hydrogen-bond acceptors (Lipinski definition) is 3. The van der Waals surface area contributed by atoms with E-state index in [1.165, 1.54) is 11.1 Å². The minimum atomic E-state index is -0.119. The molecule has 2 unspecified atom stereocenters. The Morgan fingerprint density at radius 3 is 2.62 bits per heavy atom. The molecule has 0 saturated carbocycles. The van der Waals surface area contributed by atoms with Crippen LogP contribution in [0.25, 0.3) is 0 Å².